The van der Waals surface area contributed by atoms with Gasteiger partial charge in [0.25, 0.3) is 0 Å². The molecule has 0 fully saturated rings. The number of aliphatic hydroxyl groups is 1. The Morgan fingerprint density at radius 2 is 2.00 bits per heavy atom. The van der Waals surface area contributed by atoms with Crippen molar-refractivity contribution in [1.82, 2.24) is 5.32 Å². The molecule has 1 atom stereocenters. The van der Waals surface area contributed by atoms with Gasteiger partial charge >= 0.3 is 0 Å². The van der Waals surface area contributed by atoms with E-state index in [0.29, 0.717) is 29.4 Å². The Hall–Kier alpha value is -1.62. The Morgan fingerprint density at radius 1 is 1.23 bits per heavy atom. The average Bonchev–Trinajstić information content (AvgIpc) is 2.48. The third kappa shape index (κ3) is 4.70. The first-order chi connectivity index (χ1) is 10.6. The zero-order valence-electron chi connectivity index (χ0n) is 12.4. The second-order valence-electron chi connectivity index (χ2n) is 5.08. The highest BCUT2D eigenvalue weighted by molar-refractivity contribution is 6.31. The molecule has 2 N–H and O–H groups in total. The molecule has 0 bridgehead atoms. The number of nitrogens with one attached hydrogen (secondary N) is 1. The molecule has 2 aromatic carbocycles. The van der Waals surface area contributed by atoms with Crippen LogP contribution in [0.1, 0.15) is 18.1 Å². The molecule has 118 valence electrons. The van der Waals surface area contributed by atoms with E-state index in [9.17, 15) is 9.50 Å². The predicted octanol–water partition coefficient (Wildman–Crippen LogP) is 3.53. The van der Waals surface area contributed by atoms with E-state index in [1.165, 1.54) is 6.07 Å². The van der Waals surface area contributed by atoms with Crippen LogP contribution in [0.15, 0.2) is 42.5 Å². The van der Waals surface area contributed by atoms with Crippen LogP contribution < -0.4 is 10.1 Å². The monoisotopic (exact) mass is 323 g/mol. The maximum absolute atomic E-state index is 13.7. The molecule has 3 nitrogen and oxygen atoms in total. The Labute approximate surface area is 134 Å². The Kier molecular flexibility index (Phi) is 6.19. The van der Waals surface area contributed by atoms with E-state index in [2.05, 4.69) is 5.32 Å². The molecule has 0 heterocycles. The van der Waals surface area contributed by atoms with Crippen molar-refractivity contribution >= 4 is 11.6 Å². The minimum atomic E-state index is -0.412. The lowest BCUT2D eigenvalue weighted by Crippen LogP contribution is -2.24. The molecule has 0 unspecified atom stereocenters. The molecule has 22 heavy (non-hydrogen) atoms. The lowest BCUT2D eigenvalue weighted by Gasteiger charge is -2.14. The number of para-hydroxylation sites is 1. The fourth-order valence-electron chi connectivity index (χ4n) is 2.03. The second kappa shape index (κ2) is 8.13. The SMILES string of the molecule is C[C@H](O)CNCc1ccccc1OCc1c(F)cccc1Cl. The van der Waals surface area contributed by atoms with Crippen LogP contribution in [-0.2, 0) is 13.2 Å². The lowest BCUT2D eigenvalue weighted by molar-refractivity contribution is 0.190. The van der Waals surface area contributed by atoms with E-state index in [-0.39, 0.29) is 12.4 Å². The summed E-state index contributed by atoms with van der Waals surface area (Å²) in [5.41, 5.74) is 1.28. The minimum absolute atomic E-state index is 0.0684. The van der Waals surface area contributed by atoms with Crippen LogP contribution in [-0.4, -0.2) is 17.8 Å². The van der Waals surface area contributed by atoms with Gasteiger partial charge in [0.1, 0.15) is 18.2 Å². The summed E-state index contributed by atoms with van der Waals surface area (Å²) in [6, 6.07) is 12.1. The second-order valence-corrected chi connectivity index (χ2v) is 5.48. The van der Waals surface area contributed by atoms with E-state index >= 15 is 0 Å². The highest BCUT2D eigenvalue weighted by atomic mass is 35.5. The van der Waals surface area contributed by atoms with Gasteiger partial charge in [-0.05, 0) is 25.1 Å². The van der Waals surface area contributed by atoms with Crippen molar-refractivity contribution in [1.29, 1.82) is 0 Å². The zero-order chi connectivity index (χ0) is 15.9. The van der Waals surface area contributed by atoms with Gasteiger partial charge in [-0.2, -0.15) is 0 Å². The fraction of sp³-hybridized carbons (Fsp3) is 0.294. The molecule has 0 amide bonds. The molecule has 2 rings (SSSR count). The number of aliphatic hydroxyl groups excluding tert-OH is 1. The van der Waals surface area contributed by atoms with E-state index in [0.717, 1.165) is 5.56 Å². The fourth-order valence-corrected chi connectivity index (χ4v) is 2.24. The van der Waals surface area contributed by atoms with Crippen molar-refractivity contribution in [2.45, 2.75) is 26.2 Å². The number of hydrogen-bond acceptors (Lipinski definition) is 3. The van der Waals surface area contributed by atoms with Gasteiger partial charge in [-0.15, -0.1) is 0 Å². The number of hydrogen-bond donors (Lipinski definition) is 2. The van der Waals surface area contributed by atoms with Gasteiger partial charge in [-0.1, -0.05) is 35.9 Å². The number of benzene rings is 2. The largest absolute Gasteiger partial charge is 0.488 e. The van der Waals surface area contributed by atoms with Crippen LogP contribution in [0, 0.1) is 5.82 Å². The quantitative estimate of drug-likeness (QED) is 0.819. The van der Waals surface area contributed by atoms with Gasteiger partial charge in [0.2, 0.25) is 0 Å². The van der Waals surface area contributed by atoms with E-state index < -0.39 is 6.10 Å². The summed E-state index contributed by atoms with van der Waals surface area (Å²) in [4.78, 5) is 0. The first kappa shape index (κ1) is 16.7. The van der Waals surface area contributed by atoms with Gasteiger partial charge in [0, 0.05) is 24.2 Å². The van der Waals surface area contributed by atoms with Crippen molar-refractivity contribution in [2.24, 2.45) is 0 Å². The zero-order valence-corrected chi connectivity index (χ0v) is 13.1. The van der Waals surface area contributed by atoms with Crippen LogP contribution in [0.3, 0.4) is 0 Å². The van der Waals surface area contributed by atoms with Crippen molar-refractivity contribution < 1.29 is 14.2 Å². The van der Waals surface area contributed by atoms with Crippen LogP contribution in [0.25, 0.3) is 0 Å². The summed E-state index contributed by atoms with van der Waals surface area (Å²) >= 11 is 5.99. The Balaban J connectivity index is 2.03. The third-order valence-corrected chi connectivity index (χ3v) is 3.52. The number of rotatable bonds is 7. The summed E-state index contributed by atoms with van der Waals surface area (Å²) in [5.74, 6) is 0.289. The van der Waals surface area contributed by atoms with Crippen LogP contribution >= 0.6 is 11.6 Å². The minimum Gasteiger partial charge on any atom is -0.488 e. The van der Waals surface area contributed by atoms with Gasteiger partial charge < -0.3 is 15.2 Å². The molecule has 0 aliphatic carbocycles. The summed E-state index contributed by atoms with van der Waals surface area (Å²) in [6.07, 6.45) is -0.412. The summed E-state index contributed by atoms with van der Waals surface area (Å²) in [5, 5.41) is 12.7. The molecule has 0 saturated heterocycles. The molecule has 0 spiro atoms. The van der Waals surface area contributed by atoms with E-state index in [4.69, 9.17) is 16.3 Å². The number of halogens is 2. The first-order valence-electron chi connectivity index (χ1n) is 7.10. The van der Waals surface area contributed by atoms with Gasteiger partial charge in [0.05, 0.1) is 11.1 Å². The molecular formula is C17H19ClFNO2. The first-order valence-corrected chi connectivity index (χ1v) is 7.48. The lowest BCUT2D eigenvalue weighted by atomic mass is 10.2. The molecule has 0 aliphatic rings. The normalized spacial score (nSPS) is 12.2. The molecule has 0 aliphatic heterocycles. The van der Waals surface area contributed by atoms with E-state index in [1.807, 2.05) is 24.3 Å². The molecular weight excluding hydrogens is 305 g/mol. The summed E-state index contributed by atoms with van der Waals surface area (Å²) in [7, 11) is 0. The van der Waals surface area contributed by atoms with Crippen molar-refractivity contribution in [3.8, 4) is 5.75 Å². The van der Waals surface area contributed by atoms with E-state index in [1.54, 1.807) is 19.1 Å². The molecule has 0 radical (unpaired) electrons. The van der Waals surface area contributed by atoms with Gasteiger partial charge in [-0.25, -0.2) is 4.39 Å². The van der Waals surface area contributed by atoms with Gasteiger partial charge in [0.15, 0.2) is 0 Å². The highest BCUT2D eigenvalue weighted by Gasteiger charge is 2.09. The molecule has 0 aromatic heterocycles. The highest BCUT2D eigenvalue weighted by Crippen LogP contribution is 2.23. The van der Waals surface area contributed by atoms with Crippen molar-refractivity contribution in [2.75, 3.05) is 6.54 Å². The van der Waals surface area contributed by atoms with Crippen LogP contribution in [0.2, 0.25) is 5.02 Å². The maximum atomic E-state index is 13.7. The van der Waals surface area contributed by atoms with Crippen LogP contribution in [0.5, 0.6) is 5.75 Å². The predicted molar refractivity (Wildman–Crippen MR) is 85.6 cm³/mol. The molecule has 2 aromatic rings. The topological polar surface area (TPSA) is 41.5 Å². The van der Waals surface area contributed by atoms with Gasteiger partial charge in [-0.3, -0.25) is 0 Å². The number of ether oxygens (including phenoxy) is 1. The molecule has 5 heteroatoms. The smallest absolute Gasteiger partial charge is 0.131 e. The summed E-state index contributed by atoms with van der Waals surface area (Å²) in [6.45, 7) is 2.84. The Morgan fingerprint density at radius 3 is 2.73 bits per heavy atom. The average molecular weight is 324 g/mol. The standard InChI is InChI=1S/C17H19ClFNO2/c1-12(21)9-20-10-13-5-2-3-8-17(13)22-11-14-15(18)6-4-7-16(14)19/h2-8,12,20-21H,9-11H2,1H3/t12-/m0/s1. The molecule has 0 saturated carbocycles. The van der Waals surface area contributed by atoms with Crippen molar-refractivity contribution in [3.63, 3.8) is 0 Å². The third-order valence-electron chi connectivity index (χ3n) is 3.16. The Bertz CT molecular complexity index is 599. The van der Waals surface area contributed by atoms with Crippen molar-refractivity contribution in [3.05, 3.63) is 64.4 Å². The van der Waals surface area contributed by atoms with Crippen LogP contribution in [0.4, 0.5) is 4.39 Å². The summed E-state index contributed by atoms with van der Waals surface area (Å²) < 4.78 is 19.5. The maximum Gasteiger partial charge on any atom is 0.131 e.